The van der Waals surface area contributed by atoms with Crippen LogP contribution in [0.3, 0.4) is 0 Å². The first kappa shape index (κ1) is 21.5. The summed E-state index contributed by atoms with van der Waals surface area (Å²) in [5.74, 6) is -0.307. The molecule has 2 aromatic rings. The smallest absolute Gasteiger partial charge is 0.270 e. The van der Waals surface area contributed by atoms with Crippen LogP contribution < -0.4 is 10.6 Å². The lowest BCUT2D eigenvalue weighted by molar-refractivity contribution is -0.384. The lowest BCUT2D eigenvalue weighted by Crippen LogP contribution is -2.37. The topological polar surface area (TPSA) is 84.3 Å². The van der Waals surface area contributed by atoms with E-state index < -0.39 is 4.92 Å². The van der Waals surface area contributed by atoms with Crippen LogP contribution in [-0.2, 0) is 0 Å². The van der Waals surface area contributed by atoms with E-state index in [0.717, 1.165) is 24.3 Å². The molecule has 1 aliphatic heterocycles. The van der Waals surface area contributed by atoms with Crippen LogP contribution in [0.1, 0.15) is 23.2 Å². The number of hydrogen-bond acceptors (Lipinski definition) is 5. The van der Waals surface area contributed by atoms with Crippen molar-refractivity contribution >= 4 is 47.4 Å². The Labute approximate surface area is 172 Å². The van der Waals surface area contributed by atoms with Crippen molar-refractivity contribution in [2.24, 2.45) is 0 Å². The van der Waals surface area contributed by atoms with Gasteiger partial charge in [0.2, 0.25) is 0 Å². The molecule has 0 saturated carbocycles. The number of nitro groups is 1. The molecule has 1 unspecified atom stereocenters. The van der Waals surface area contributed by atoms with E-state index in [1.165, 1.54) is 23.9 Å². The fraction of sp³-hybridized carbons (Fsp3) is 0.278. The number of carbonyl (C=O) groups excluding carboxylic acids is 1. The lowest BCUT2D eigenvalue weighted by atomic mass is 10.1. The summed E-state index contributed by atoms with van der Waals surface area (Å²) in [5, 5.41) is 17.9. The van der Waals surface area contributed by atoms with Crippen molar-refractivity contribution in [3.8, 4) is 0 Å². The molecule has 0 spiro atoms. The highest BCUT2D eigenvalue weighted by atomic mass is 35.5. The Hall–Kier alpha value is -1.80. The molecule has 2 aromatic carbocycles. The molecule has 27 heavy (non-hydrogen) atoms. The Balaban J connectivity index is 0.00000261. The van der Waals surface area contributed by atoms with E-state index in [1.54, 1.807) is 18.2 Å². The van der Waals surface area contributed by atoms with Crippen molar-refractivity contribution in [1.82, 2.24) is 10.6 Å². The molecule has 0 aromatic heterocycles. The minimum absolute atomic E-state index is 0. The highest BCUT2D eigenvalue weighted by Gasteiger charge is 2.20. The van der Waals surface area contributed by atoms with Crippen molar-refractivity contribution < 1.29 is 9.72 Å². The summed E-state index contributed by atoms with van der Waals surface area (Å²) in [4.78, 5) is 24.8. The van der Waals surface area contributed by atoms with E-state index in [2.05, 4.69) is 10.6 Å². The lowest BCUT2D eigenvalue weighted by Gasteiger charge is -2.13. The Kier molecular flexibility index (Phi) is 7.91. The van der Waals surface area contributed by atoms with Gasteiger partial charge in [0, 0.05) is 39.5 Å². The van der Waals surface area contributed by atoms with Crippen LogP contribution in [0.2, 0.25) is 5.02 Å². The van der Waals surface area contributed by atoms with Crippen molar-refractivity contribution in [2.75, 3.05) is 13.1 Å². The molecule has 1 heterocycles. The maximum Gasteiger partial charge on any atom is 0.270 e. The predicted octanol–water partition coefficient (Wildman–Crippen LogP) is 4.30. The number of rotatable bonds is 6. The van der Waals surface area contributed by atoms with Gasteiger partial charge >= 0.3 is 0 Å². The van der Waals surface area contributed by atoms with Crippen molar-refractivity contribution in [2.45, 2.75) is 28.7 Å². The number of nitrogens with one attached hydrogen (secondary N) is 2. The minimum atomic E-state index is -0.494. The molecule has 0 bridgehead atoms. The van der Waals surface area contributed by atoms with Gasteiger partial charge in [-0.3, -0.25) is 14.9 Å². The first-order chi connectivity index (χ1) is 12.5. The Morgan fingerprint density at radius 2 is 2.04 bits per heavy atom. The molecule has 2 N–H and O–H groups in total. The van der Waals surface area contributed by atoms with Gasteiger partial charge < -0.3 is 10.6 Å². The van der Waals surface area contributed by atoms with Crippen molar-refractivity contribution in [1.29, 1.82) is 0 Å². The van der Waals surface area contributed by atoms with Gasteiger partial charge in [-0.1, -0.05) is 23.4 Å². The standard InChI is InChI=1S/C18H18ClN3O3S.ClH/c19-12-3-6-15(7-4-12)26-17-8-5-14(22(24)25)10-16(17)18(23)21-11-13-2-1-9-20-13;/h3-8,10,13,20H,1-2,9,11H2,(H,21,23);1H. The van der Waals surface area contributed by atoms with E-state index in [4.69, 9.17) is 11.6 Å². The third-order valence-electron chi connectivity index (χ3n) is 4.13. The summed E-state index contributed by atoms with van der Waals surface area (Å²) in [5.41, 5.74) is 0.201. The second-order valence-electron chi connectivity index (χ2n) is 6.00. The SMILES string of the molecule is Cl.O=C(NCC1CCCN1)c1cc([N+](=O)[O-])ccc1Sc1ccc(Cl)cc1. The van der Waals surface area contributed by atoms with Crippen molar-refractivity contribution in [3.63, 3.8) is 0 Å². The quantitative estimate of drug-likeness (QED) is 0.529. The third-order valence-corrected chi connectivity index (χ3v) is 5.47. The summed E-state index contributed by atoms with van der Waals surface area (Å²) in [6, 6.07) is 11.8. The van der Waals surface area contributed by atoms with Gasteiger partial charge in [0.15, 0.2) is 0 Å². The normalized spacial score (nSPS) is 15.8. The van der Waals surface area contributed by atoms with Crippen LogP contribution in [0.25, 0.3) is 0 Å². The number of amides is 1. The summed E-state index contributed by atoms with van der Waals surface area (Å²) >= 11 is 7.27. The minimum Gasteiger partial charge on any atom is -0.350 e. The van der Waals surface area contributed by atoms with Gasteiger partial charge in [0.05, 0.1) is 10.5 Å². The van der Waals surface area contributed by atoms with E-state index >= 15 is 0 Å². The molecule has 9 heteroatoms. The summed E-state index contributed by atoms with van der Waals surface area (Å²) < 4.78 is 0. The van der Waals surface area contributed by atoms with Gasteiger partial charge in [0.25, 0.3) is 11.6 Å². The van der Waals surface area contributed by atoms with Crippen LogP contribution in [-0.4, -0.2) is 30.0 Å². The van der Waals surface area contributed by atoms with Crippen molar-refractivity contribution in [3.05, 3.63) is 63.2 Å². The number of nitrogens with zero attached hydrogens (tertiary/aromatic N) is 1. The number of benzene rings is 2. The zero-order chi connectivity index (χ0) is 18.5. The Morgan fingerprint density at radius 1 is 1.30 bits per heavy atom. The molecule has 1 saturated heterocycles. The van der Waals surface area contributed by atoms with Gasteiger partial charge in [0.1, 0.15) is 0 Å². The molecule has 1 aliphatic rings. The third kappa shape index (κ3) is 5.84. The van der Waals surface area contributed by atoms with Gasteiger partial charge in [-0.05, 0) is 49.7 Å². The maximum absolute atomic E-state index is 12.6. The van der Waals surface area contributed by atoms with Crippen LogP contribution >= 0.6 is 35.8 Å². The molecule has 0 aliphatic carbocycles. The second kappa shape index (κ2) is 9.94. The van der Waals surface area contributed by atoms with E-state index in [1.807, 2.05) is 12.1 Å². The first-order valence-electron chi connectivity index (χ1n) is 8.26. The summed E-state index contributed by atoms with van der Waals surface area (Å²) in [6.45, 7) is 1.46. The first-order valence-corrected chi connectivity index (χ1v) is 9.46. The predicted molar refractivity (Wildman–Crippen MR) is 109 cm³/mol. The average molecular weight is 428 g/mol. The van der Waals surface area contributed by atoms with Crippen LogP contribution in [0, 0.1) is 10.1 Å². The van der Waals surface area contributed by atoms with Crippen LogP contribution in [0.15, 0.2) is 52.3 Å². The van der Waals surface area contributed by atoms with Gasteiger partial charge in [-0.25, -0.2) is 0 Å². The fourth-order valence-electron chi connectivity index (χ4n) is 2.77. The van der Waals surface area contributed by atoms with Crippen LogP contribution in [0.4, 0.5) is 5.69 Å². The molecule has 0 radical (unpaired) electrons. The Bertz CT molecular complexity index is 812. The highest BCUT2D eigenvalue weighted by Crippen LogP contribution is 2.33. The molecular weight excluding hydrogens is 409 g/mol. The molecule has 1 amide bonds. The average Bonchev–Trinajstić information content (AvgIpc) is 3.15. The fourth-order valence-corrected chi connectivity index (χ4v) is 3.82. The molecular formula is C18H19Cl2N3O3S. The summed E-state index contributed by atoms with van der Waals surface area (Å²) in [7, 11) is 0. The highest BCUT2D eigenvalue weighted by molar-refractivity contribution is 7.99. The summed E-state index contributed by atoms with van der Waals surface area (Å²) in [6.07, 6.45) is 2.11. The molecule has 1 fully saturated rings. The van der Waals surface area contributed by atoms with Crippen LogP contribution in [0.5, 0.6) is 0 Å². The maximum atomic E-state index is 12.6. The van der Waals surface area contributed by atoms with E-state index in [9.17, 15) is 14.9 Å². The van der Waals surface area contributed by atoms with Gasteiger partial charge in [-0.2, -0.15) is 0 Å². The number of non-ortho nitro benzene ring substituents is 1. The number of carbonyl (C=O) groups is 1. The second-order valence-corrected chi connectivity index (χ2v) is 7.55. The number of nitro benzene ring substituents is 1. The van der Waals surface area contributed by atoms with E-state index in [0.29, 0.717) is 22.0 Å². The zero-order valence-corrected chi connectivity index (χ0v) is 16.7. The molecule has 144 valence electrons. The molecule has 6 nitrogen and oxygen atoms in total. The monoisotopic (exact) mass is 427 g/mol. The number of halogens is 2. The largest absolute Gasteiger partial charge is 0.350 e. The molecule has 1 atom stereocenters. The van der Waals surface area contributed by atoms with Gasteiger partial charge in [-0.15, -0.1) is 12.4 Å². The van der Waals surface area contributed by atoms with E-state index in [-0.39, 0.29) is 30.0 Å². The Morgan fingerprint density at radius 3 is 2.67 bits per heavy atom. The number of hydrogen-bond donors (Lipinski definition) is 2. The molecule has 3 rings (SSSR count). The zero-order valence-electron chi connectivity index (χ0n) is 14.3.